The molecule has 0 fully saturated rings. The van der Waals surface area contributed by atoms with Crippen molar-refractivity contribution >= 4 is 22.4 Å². The lowest BCUT2D eigenvalue weighted by atomic mass is 10.1. The Bertz CT molecular complexity index is 283. The predicted molar refractivity (Wildman–Crippen MR) is 72.9 cm³/mol. The third kappa shape index (κ3) is 7.94. The smallest absolute Gasteiger partial charge is 0.216 e. The molecule has 0 aliphatic rings. The molecule has 5 nitrogen and oxygen atoms in total. The van der Waals surface area contributed by atoms with Gasteiger partial charge in [0.2, 0.25) is 10.0 Å². The van der Waals surface area contributed by atoms with E-state index in [1.807, 2.05) is 13.8 Å². The zero-order valence-corrected chi connectivity index (χ0v) is 12.6. The third-order valence-electron chi connectivity index (χ3n) is 2.30. The van der Waals surface area contributed by atoms with Crippen LogP contribution in [0.15, 0.2) is 0 Å². The molecule has 0 aromatic heterocycles. The van der Waals surface area contributed by atoms with Gasteiger partial charge in [-0.3, -0.25) is 0 Å². The van der Waals surface area contributed by atoms with Crippen molar-refractivity contribution in [1.29, 1.82) is 0 Å². The molecule has 3 N–H and O–H groups in total. The Labute approximate surface area is 111 Å². The van der Waals surface area contributed by atoms with Gasteiger partial charge in [0.15, 0.2) is 0 Å². The highest BCUT2D eigenvalue weighted by Crippen LogP contribution is 2.07. The Kier molecular flexibility index (Phi) is 10.4. The van der Waals surface area contributed by atoms with E-state index in [4.69, 9.17) is 10.5 Å². The predicted octanol–water partition coefficient (Wildman–Crippen LogP) is 0.736. The molecule has 0 aromatic rings. The summed E-state index contributed by atoms with van der Waals surface area (Å²) in [4.78, 5) is 0. The van der Waals surface area contributed by atoms with Crippen molar-refractivity contribution in [1.82, 2.24) is 4.72 Å². The van der Waals surface area contributed by atoms with Crippen LogP contribution in [-0.2, 0) is 14.8 Å². The summed E-state index contributed by atoms with van der Waals surface area (Å²) in [6.07, 6.45) is 0.745. The van der Waals surface area contributed by atoms with Crippen LogP contribution in [-0.4, -0.2) is 40.0 Å². The first-order chi connectivity index (χ1) is 7.33. The number of ether oxygens (including phenoxy) is 1. The number of rotatable bonds is 8. The fourth-order valence-corrected chi connectivity index (χ4v) is 2.64. The van der Waals surface area contributed by atoms with Crippen LogP contribution in [0.4, 0.5) is 0 Å². The average molecular weight is 289 g/mol. The first-order valence-electron chi connectivity index (χ1n) is 5.53. The lowest BCUT2D eigenvalue weighted by Crippen LogP contribution is -2.45. The summed E-state index contributed by atoms with van der Waals surface area (Å²) in [6.45, 7) is 6.20. The van der Waals surface area contributed by atoms with Crippen LogP contribution in [0, 0.1) is 5.92 Å². The van der Waals surface area contributed by atoms with Crippen molar-refractivity contribution in [2.75, 3.05) is 20.3 Å². The van der Waals surface area contributed by atoms with Gasteiger partial charge in [0.1, 0.15) is 0 Å². The van der Waals surface area contributed by atoms with E-state index in [9.17, 15) is 8.42 Å². The summed E-state index contributed by atoms with van der Waals surface area (Å²) in [6, 6.07) is -0.190. The van der Waals surface area contributed by atoms with E-state index >= 15 is 0 Å². The van der Waals surface area contributed by atoms with Gasteiger partial charge >= 0.3 is 0 Å². The molecule has 0 amide bonds. The average Bonchev–Trinajstić information content (AvgIpc) is 2.16. The van der Waals surface area contributed by atoms with Gasteiger partial charge < -0.3 is 10.5 Å². The van der Waals surface area contributed by atoms with Crippen molar-refractivity contribution in [2.24, 2.45) is 11.7 Å². The summed E-state index contributed by atoms with van der Waals surface area (Å²) in [5, 5.41) is -0.557. The van der Waals surface area contributed by atoms with Crippen LogP contribution in [0.2, 0.25) is 0 Å². The Morgan fingerprint density at radius 3 is 2.18 bits per heavy atom. The minimum Gasteiger partial charge on any atom is -0.383 e. The lowest BCUT2D eigenvalue weighted by Gasteiger charge is -2.21. The maximum atomic E-state index is 11.8. The molecular weight excluding hydrogens is 264 g/mol. The monoisotopic (exact) mass is 288 g/mol. The van der Waals surface area contributed by atoms with Gasteiger partial charge in [0, 0.05) is 19.7 Å². The molecule has 0 rings (SSSR count). The molecule has 17 heavy (non-hydrogen) atoms. The number of halogens is 1. The fraction of sp³-hybridized carbons (Fsp3) is 1.00. The van der Waals surface area contributed by atoms with Crippen molar-refractivity contribution in [3.8, 4) is 0 Å². The zero-order chi connectivity index (χ0) is 12.8. The summed E-state index contributed by atoms with van der Waals surface area (Å²) in [7, 11) is -1.85. The summed E-state index contributed by atoms with van der Waals surface area (Å²) in [5.41, 5.74) is 5.54. The van der Waals surface area contributed by atoms with Gasteiger partial charge in [-0.15, -0.1) is 12.4 Å². The number of sulfonamides is 1. The molecule has 0 saturated heterocycles. The zero-order valence-electron chi connectivity index (χ0n) is 11.0. The number of nitrogens with two attached hydrogens (primary N) is 1. The van der Waals surface area contributed by atoms with Crippen molar-refractivity contribution in [2.45, 2.75) is 38.5 Å². The van der Waals surface area contributed by atoms with Crippen LogP contribution < -0.4 is 10.5 Å². The molecule has 7 heteroatoms. The van der Waals surface area contributed by atoms with Crippen LogP contribution in [0.1, 0.15) is 27.2 Å². The highest BCUT2D eigenvalue weighted by Gasteiger charge is 2.24. The second-order valence-corrected chi connectivity index (χ2v) is 6.62. The molecule has 0 saturated carbocycles. The SMILES string of the molecule is COCC(C)S(=O)(=O)NC(CN)CC(C)C.Cl. The maximum absolute atomic E-state index is 11.8. The van der Waals surface area contributed by atoms with E-state index in [1.165, 1.54) is 7.11 Å². The van der Waals surface area contributed by atoms with Crippen LogP contribution in [0.5, 0.6) is 0 Å². The Hall–Kier alpha value is 0.120. The number of hydrogen-bond donors (Lipinski definition) is 2. The van der Waals surface area contributed by atoms with E-state index in [0.717, 1.165) is 6.42 Å². The minimum absolute atomic E-state index is 0. The number of methoxy groups -OCH3 is 1. The van der Waals surface area contributed by atoms with Gasteiger partial charge in [-0.05, 0) is 19.3 Å². The first-order valence-corrected chi connectivity index (χ1v) is 7.08. The topological polar surface area (TPSA) is 81.4 Å². The largest absolute Gasteiger partial charge is 0.383 e. The van der Waals surface area contributed by atoms with Crippen molar-refractivity contribution in [3.05, 3.63) is 0 Å². The molecule has 0 aliphatic heterocycles. The molecule has 0 spiro atoms. The van der Waals surface area contributed by atoms with Gasteiger partial charge in [-0.1, -0.05) is 13.8 Å². The van der Waals surface area contributed by atoms with Crippen LogP contribution in [0.3, 0.4) is 0 Å². The Morgan fingerprint density at radius 2 is 1.82 bits per heavy atom. The highest BCUT2D eigenvalue weighted by atomic mass is 35.5. The molecule has 2 unspecified atom stereocenters. The normalized spacial score (nSPS) is 15.4. The molecule has 0 bridgehead atoms. The maximum Gasteiger partial charge on any atom is 0.216 e. The number of nitrogens with one attached hydrogen (secondary N) is 1. The summed E-state index contributed by atoms with van der Waals surface area (Å²) >= 11 is 0. The van der Waals surface area contributed by atoms with E-state index in [1.54, 1.807) is 6.92 Å². The van der Waals surface area contributed by atoms with E-state index in [0.29, 0.717) is 12.5 Å². The quantitative estimate of drug-likeness (QED) is 0.690. The molecule has 0 heterocycles. The summed E-state index contributed by atoms with van der Waals surface area (Å²) in [5.74, 6) is 0.411. The Morgan fingerprint density at radius 1 is 1.29 bits per heavy atom. The van der Waals surface area contributed by atoms with Gasteiger partial charge in [-0.2, -0.15) is 0 Å². The van der Waals surface area contributed by atoms with Crippen LogP contribution in [0.25, 0.3) is 0 Å². The van der Waals surface area contributed by atoms with E-state index in [-0.39, 0.29) is 25.1 Å². The molecule has 0 aromatic carbocycles. The number of hydrogen-bond acceptors (Lipinski definition) is 4. The second-order valence-electron chi connectivity index (χ2n) is 4.49. The van der Waals surface area contributed by atoms with E-state index < -0.39 is 15.3 Å². The molecule has 106 valence electrons. The second kappa shape index (κ2) is 9.10. The molecule has 2 atom stereocenters. The molecule has 0 aliphatic carbocycles. The first kappa shape index (κ1) is 19.5. The van der Waals surface area contributed by atoms with E-state index in [2.05, 4.69) is 4.72 Å². The summed E-state index contributed by atoms with van der Waals surface area (Å²) < 4.78 is 31.1. The Balaban J connectivity index is 0. The van der Waals surface area contributed by atoms with Gasteiger partial charge in [0.05, 0.1) is 11.9 Å². The van der Waals surface area contributed by atoms with Crippen LogP contribution >= 0.6 is 12.4 Å². The minimum atomic E-state index is -3.33. The highest BCUT2D eigenvalue weighted by molar-refractivity contribution is 7.90. The molecular formula is C10H25ClN2O3S. The molecule has 0 radical (unpaired) electrons. The fourth-order valence-electron chi connectivity index (χ4n) is 1.43. The van der Waals surface area contributed by atoms with Crippen molar-refractivity contribution < 1.29 is 13.2 Å². The third-order valence-corrected chi connectivity index (χ3v) is 4.16. The van der Waals surface area contributed by atoms with Crippen molar-refractivity contribution in [3.63, 3.8) is 0 Å². The van der Waals surface area contributed by atoms with Gasteiger partial charge in [0.25, 0.3) is 0 Å². The van der Waals surface area contributed by atoms with Gasteiger partial charge in [-0.25, -0.2) is 13.1 Å². The lowest BCUT2D eigenvalue weighted by molar-refractivity contribution is 0.200. The standard InChI is InChI=1S/C10H24N2O3S.ClH/c1-8(2)5-10(6-11)12-16(13,14)9(3)7-15-4;/h8-10,12H,5-7,11H2,1-4H3;1H.